The van der Waals surface area contributed by atoms with Crippen molar-refractivity contribution < 1.29 is 4.79 Å². The Balaban J connectivity index is 1.83. The normalized spacial score (nSPS) is 17.4. The first kappa shape index (κ1) is 14.4. The van der Waals surface area contributed by atoms with Gasteiger partial charge in [0.2, 0.25) is 5.91 Å². The molecule has 1 aliphatic heterocycles. The molecule has 1 aromatic heterocycles. The lowest BCUT2D eigenvalue weighted by molar-refractivity contribution is -0.121. The molecule has 0 saturated carbocycles. The third-order valence-electron chi connectivity index (χ3n) is 3.38. The summed E-state index contributed by atoms with van der Waals surface area (Å²) in [4.78, 5) is 18.6. The highest BCUT2D eigenvalue weighted by atomic mass is 79.9. The minimum Gasteiger partial charge on any atom is -0.329 e. The molecule has 0 aromatic carbocycles. The molecule has 5 nitrogen and oxygen atoms in total. The maximum Gasteiger partial charge on any atom is 0.228 e. The van der Waals surface area contributed by atoms with Crippen LogP contribution in [0.3, 0.4) is 0 Å². The molecule has 6 heteroatoms. The predicted molar refractivity (Wildman–Crippen MR) is 78.8 cm³/mol. The van der Waals surface area contributed by atoms with E-state index in [0.717, 1.165) is 36.9 Å². The summed E-state index contributed by atoms with van der Waals surface area (Å²) in [6.07, 6.45) is 3.46. The van der Waals surface area contributed by atoms with Crippen molar-refractivity contribution >= 4 is 27.7 Å². The zero-order valence-electron chi connectivity index (χ0n) is 10.8. The minimum absolute atomic E-state index is 0.0715. The van der Waals surface area contributed by atoms with Gasteiger partial charge in [-0.05, 0) is 54.0 Å². The fourth-order valence-corrected chi connectivity index (χ4v) is 2.51. The molecule has 1 fully saturated rings. The maximum absolute atomic E-state index is 12.1. The van der Waals surface area contributed by atoms with Crippen molar-refractivity contribution in [3.05, 3.63) is 22.8 Å². The van der Waals surface area contributed by atoms with E-state index in [0.29, 0.717) is 12.4 Å². The van der Waals surface area contributed by atoms with Crippen LogP contribution < -0.4 is 11.1 Å². The Kier molecular flexibility index (Phi) is 5.30. The van der Waals surface area contributed by atoms with E-state index in [1.807, 2.05) is 6.07 Å². The Morgan fingerprint density at radius 2 is 2.21 bits per heavy atom. The Labute approximate surface area is 121 Å². The molecule has 0 atom stereocenters. The number of hydrogen-bond donors (Lipinski definition) is 2. The van der Waals surface area contributed by atoms with Gasteiger partial charge in [-0.15, -0.1) is 0 Å². The van der Waals surface area contributed by atoms with E-state index in [1.54, 1.807) is 12.3 Å². The number of halogens is 1. The predicted octanol–water partition coefficient (Wildman–Crippen LogP) is 1.45. The van der Waals surface area contributed by atoms with Gasteiger partial charge in [0.1, 0.15) is 5.82 Å². The second-order valence-electron chi connectivity index (χ2n) is 4.76. The lowest BCUT2D eigenvalue weighted by Crippen LogP contribution is -2.40. The number of likely N-dealkylation sites (tertiary alicyclic amines) is 1. The van der Waals surface area contributed by atoms with Crippen LogP contribution in [0.15, 0.2) is 22.8 Å². The summed E-state index contributed by atoms with van der Waals surface area (Å²) in [6, 6.07) is 3.66. The average molecular weight is 327 g/mol. The van der Waals surface area contributed by atoms with Gasteiger partial charge in [0.15, 0.2) is 0 Å². The van der Waals surface area contributed by atoms with Crippen molar-refractivity contribution in [3.63, 3.8) is 0 Å². The van der Waals surface area contributed by atoms with Crippen molar-refractivity contribution in [2.75, 3.05) is 31.5 Å². The van der Waals surface area contributed by atoms with Crippen LogP contribution in [0, 0.1) is 5.92 Å². The number of nitrogens with two attached hydrogens (primary N) is 1. The van der Waals surface area contributed by atoms with Crippen molar-refractivity contribution in [1.82, 2.24) is 9.88 Å². The fraction of sp³-hybridized carbons (Fsp3) is 0.538. The fourth-order valence-electron chi connectivity index (χ4n) is 2.28. The molecule has 0 spiro atoms. The van der Waals surface area contributed by atoms with E-state index in [-0.39, 0.29) is 11.8 Å². The summed E-state index contributed by atoms with van der Waals surface area (Å²) >= 11 is 3.32. The number of rotatable bonds is 4. The van der Waals surface area contributed by atoms with Crippen LogP contribution in [-0.2, 0) is 4.79 Å². The molecule has 2 heterocycles. The van der Waals surface area contributed by atoms with E-state index in [2.05, 4.69) is 31.1 Å². The lowest BCUT2D eigenvalue weighted by Gasteiger charge is -2.30. The lowest BCUT2D eigenvalue weighted by atomic mass is 9.96. The van der Waals surface area contributed by atoms with E-state index in [9.17, 15) is 4.79 Å². The van der Waals surface area contributed by atoms with E-state index < -0.39 is 0 Å². The van der Waals surface area contributed by atoms with Crippen LogP contribution in [0.25, 0.3) is 0 Å². The van der Waals surface area contributed by atoms with Gasteiger partial charge < -0.3 is 16.0 Å². The summed E-state index contributed by atoms with van der Waals surface area (Å²) in [7, 11) is 0. The first-order valence-corrected chi connectivity index (χ1v) is 7.33. The molecule has 1 aliphatic rings. The molecule has 19 heavy (non-hydrogen) atoms. The molecule has 104 valence electrons. The molecular formula is C13H19BrN4O. The average Bonchev–Trinajstić information content (AvgIpc) is 2.42. The zero-order chi connectivity index (χ0) is 13.7. The topological polar surface area (TPSA) is 71.2 Å². The Morgan fingerprint density at radius 3 is 2.79 bits per heavy atom. The van der Waals surface area contributed by atoms with Crippen LogP contribution in [0.1, 0.15) is 12.8 Å². The third-order valence-corrected chi connectivity index (χ3v) is 3.85. The van der Waals surface area contributed by atoms with E-state index in [1.165, 1.54) is 0 Å². The van der Waals surface area contributed by atoms with Gasteiger partial charge in [0.25, 0.3) is 0 Å². The van der Waals surface area contributed by atoms with Crippen molar-refractivity contribution in [2.24, 2.45) is 11.7 Å². The van der Waals surface area contributed by atoms with Crippen molar-refractivity contribution in [3.8, 4) is 0 Å². The van der Waals surface area contributed by atoms with Crippen molar-refractivity contribution in [2.45, 2.75) is 12.8 Å². The Hall–Kier alpha value is -0.980. The van der Waals surface area contributed by atoms with E-state index in [4.69, 9.17) is 5.73 Å². The van der Waals surface area contributed by atoms with Gasteiger partial charge in [-0.3, -0.25) is 4.79 Å². The maximum atomic E-state index is 12.1. The van der Waals surface area contributed by atoms with Crippen LogP contribution in [-0.4, -0.2) is 42.0 Å². The second-order valence-corrected chi connectivity index (χ2v) is 5.67. The molecule has 0 unspecified atom stereocenters. The number of nitrogens with zero attached hydrogens (tertiary/aromatic N) is 2. The van der Waals surface area contributed by atoms with Gasteiger partial charge in [-0.2, -0.15) is 0 Å². The molecule has 1 aromatic rings. The van der Waals surface area contributed by atoms with Gasteiger partial charge in [-0.1, -0.05) is 0 Å². The Bertz CT molecular complexity index is 415. The van der Waals surface area contributed by atoms with E-state index >= 15 is 0 Å². The molecule has 1 amide bonds. The standard InChI is InChI=1S/C13H19BrN4O/c14-11-1-2-12(16-9-11)17-13(19)10-3-6-18(7-4-10)8-5-15/h1-2,9-10H,3-8,15H2,(H,16,17,19). The number of aromatic nitrogens is 1. The molecule has 0 aliphatic carbocycles. The molecular weight excluding hydrogens is 308 g/mol. The highest BCUT2D eigenvalue weighted by Crippen LogP contribution is 2.19. The number of piperidine rings is 1. The van der Waals surface area contributed by atoms with Crippen LogP contribution in [0.5, 0.6) is 0 Å². The summed E-state index contributed by atoms with van der Waals surface area (Å²) in [5.74, 6) is 0.763. The number of hydrogen-bond acceptors (Lipinski definition) is 4. The second kappa shape index (κ2) is 6.98. The number of amides is 1. The zero-order valence-corrected chi connectivity index (χ0v) is 12.4. The van der Waals surface area contributed by atoms with Crippen LogP contribution >= 0.6 is 15.9 Å². The number of nitrogens with one attached hydrogen (secondary N) is 1. The van der Waals surface area contributed by atoms with Gasteiger partial charge in [0.05, 0.1) is 0 Å². The minimum atomic E-state index is 0.0715. The highest BCUT2D eigenvalue weighted by Gasteiger charge is 2.24. The SMILES string of the molecule is NCCN1CCC(C(=O)Nc2ccc(Br)cn2)CC1. The highest BCUT2D eigenvalue weighted by molar-refractivity contribution is 9.10. The summed E-state index contributed by atoms with van der Waals surface area (Å²) in [5.41, 5.74) is 5.54. The first-order valence-electron chi connectivity index (χ1n) is 6.54. The molecule has 0 radical (unpaired) electrons. The number of pyridine rings is 1. The third kappa shape index (κ3) is 4.26. The molecule has 1 saturated heterocycles. The monoisotopic (exact) mass is 326 g/mol. The van der Waals surface area contributed by atoms with Crippen LogP contribution in [0.2, 0.25) is 0 Å². The smallest absolute Gasteiger partial charge is 0.228 e. The summed E-state index contributed by atoms with van der Waals surface area (Å²) < 4.78 is 0.903. The number of carbonyl (C=O) groups excluding carboxylic acids is 1. The van der Waals surface area contributed by atoms with Gasteiger partial charge >= 0.3 is 0 Å². The Morgan fingerprint density at radius 1 is 1.47 bits per heavy atom. The molecule has 2 rings (SSSR count). The quantitative estimate of drug-likeness (QED) is 0.878. The van der Waals surface area contributed by atoms with Crippen molar-refractivity contribution in [1.29, 1.82) is 0 Å². The van der Waals surface area contributed by atoms with Crippen LogP contribution in [0.4, 0.5) is 5.82 Å². The molecule has 0 bridgehead atoms. The number of anilines is 1. The first-order chi connectivity index (χ1) is 9.19. The summed E-state index contributed by atoms with van der Waals surface area (Å²) in [5, 5.41) is 2.87. The van der Waals surface area contributed by atoms with Gasteiger partial charge in [0, 0.05) is 29.7 Å². The van der Waals surface area contributed by atoms with Gasteiger partial charge in [-0.25, -0.2) is 4.98 Å². The molecule has 3 N–H and O–H groups in total. The summed E-state index contributed by atoms with van der Waals surface area (Å²) in [6.45, 7) is 3.49. The largest absolute Gasteiger partial charge is 0.329 e. The number of carbonyl (C=O) groups is 1.